The zero-order chi connectivity index (χ0) is 39.1. The number of anilines is 5. The summed E-state index contributed by atoms with van der Waals surface area (Å²) in [5.74, 6) is 0.204. The maximum atomic E-state index is 13.2. The van der Waals surface area contributed by atoms with Crippen molar-refractivity contribution in [2.45, 2.75) is 20.8 Å². The Morgan fingerprint density at radius 3 is 2.09 bits per heavy atom. The molecule has 0 radical (unpaired) electrons. The Morgan fingerprint density at radius 1 is 0.818 bits per heavy atom. The van der Waals surface area contributed by atoms with Crippen molar-refractivity contribution < 1.29 is 14.5 Å². The molecule has 2 aromatic heterocycles. The lowest BCUT2D eigenvalue weighted by Crippen LogP contribution is -2.44. The second-order valence-electron chi connectivity index (χ2n) is 13.9. The average Bonchev–Trinajstić information content (AvgIpc) is 3.53. The van der Waals surface area contributed by atoms with E-state index in [0.717, 1.165) is 86.2 Å². The van der Waals surface area contributed by atoms with Crippen molar-refractivity contribution in [1.82, 2.24) is 29.7 Å². The van der Waals surface area contributed by atoms with Gasteiger partial charge in [0.15, 0.2) is 5.82 Å². The van der Waals surface area contributed by atoms with E-state index in [0.29, 0.717) is 29.0 Å². The van der Waals surface area contributed by atoms with Gasteiger partial charge >= 0.3 is 0 Å². The molecule has 2 amide bonds. The third-order valence-corrected chi connectivity index (χ3v) is 10.0. The summed E-state index contributed by atoms with van der Waals surface area (Å²) in [5, 5.41) is 24.2. The fourth-order valence-electron chi connectivity index (χ4n) is 6.68. The standard InChI is InChI=1S/C29H34N8O2.C11H15N3O2/c1-5-30-29(39)24-17-37-26(20(24)3)27(31-18-32-37)34-25-15-21(10-9-19(25)2)28(38)33-22-7-6-8-23(16-22)36-13-11-35(4)12-14-36;1-12-5-7-13(8-6-12)10-3-2-4-11(9-10)14(15)16/h6-10,15-18H,5,11-14H2,1-4H3,(H,30,39)(H,33,38)(H,31,32,34);2-4,9H,5-8H2,1H3. The van der Waals surface area contributed by atoms with Gasteiger partial charge in [0.25, 0.3) is 17.5 Å². The van der Waals surface area contributed by atoms with E-state index in [9.17, 15) is 19.7 Å². The Hall–Kier alpha value is -6.06. The maximum absolute atomic E-state index is 13.2. The molecule has 55 heavy (non-hydrogen) atoms. The van der Waals surface area contributed by atoms with E-state index in [1.165, 1.54) is 12.4 Å². The lowest BCUT2D eigenvalue weighted by Gasteiger charge is -2.34. The second-order valence-corrected chi connectivity index (χ2v) is 13.9. The molecule has 0 atom stereocenters. The Labute approximate surface area is 321 Å². The number of carbonyl (C=O) groups is 2. The molecular formula is C40H49N11O4. The molecule has 0 unspecified atom stereocenters. The molecule has 2 aliphatic heterocycles. The predicted molar refractivity (Wildman–Crippen MR) is 217 cm³/mol. The van der Waals surface area contributed by atoms with Gasteiger partial charge in [0.1, 0.15) is 11.8 Å². The van der Waals surface area contributed by atoms with Crippen molar-refractivity contribution in [2.24, 2.45) is 0 Å². The molecule has 15 heteroatoms. The van der Waals surface area contributed by atoms with Crippen LogP contribution in [0.15, 0.2) is 79.3 Å². The molecule has 2 fully saturated rings. The van der Waals surface area contributed by atoms with E-state index in [-0.39, 0.29) is 22.4 Å². The SMILES string of the molecule is CCNC(=O)c1cn2ncnc(Nc3cc(C(=O)Nc4cccc(N5CCN(C)CC5)c4)ccc3C)c2c1C.CN1CCN(c2cccc([N+](=O)[O-])c2)CC1. The highest BCUT2D eigenvalue weighted by Gasteiger charge is 2.20. The normalized spacial score (nSPS) is 14.9. The number of non-ortho nitro benzene ring substituents is 1. The number of nitro benzene ring substituents is 1. The topological polar surface area (TPSA) is 157 Å². The zero-order valence-electron chi connectivity index (χ0n) is 32.1. The smallest absolute Gasteiger partial charge is 0.271 e. The Bertz CT molecular complexity index is 2150. The quantitative estimate of drug-likeness (QED) is 0.135. The molecule has 0 bridgehead atoms. The summed E-state index contributed by atoms with van der Waals surface area (Å²) in [5.41, 5.74) is 7.21. The van der Waals surface area contributed by atoms with Crippen LogP contribution < -0.4 is 25.8 Å². The first-order valence-electron chi connectivity index (χ1n) is 18.5. The van der Waals surface area contributed by atoms with Gasteiger partial charge in [0.05, 0.1) is 10.5 Å². The van der Waals surface area contributed by atoms with Gasteiger partial charge in [-0.3, -0.25) is 19.7 Å². The minimum atomic E-state index is -0.348. The molecule has 3 N–H and O–H groups in total. The van der Waals surface area contributed by atoms with Crippen LogP contribution in [0, 0.1) is 24.0 Å². The molecule has 0 saturated carbocycles. The van der Waals surface area contributed by atoms with E-state index in [4.69, 9.17) is 0 Å². The number of aromatic nitrogens is 3. The van der Waals surface area contributed by atoms with Crippen LogP contribution >= 0.6 is 0 Å². The summed E-state index contributed by atoms with van der Waals surface area (Å²) in [6.45, 7) is 14.1. The minimum Gasteiger partial charge on any atom is -0.369 e. The first-order valence-corrected chi connectivity index (χ1v) is 18.5. The maximum Gasteiger partial charge on any atom is 0.271 e. The van der Waals surface area contributed by atoms with E-state index in [2.05, 4.69) is 65.8 Å². The van der Waals surface area contributed by atoms with E-state index >= 15 is 0 Å². The van der Waals surface area contributed by atoms with Gasteiger partial charge in [-0.25, -0.2) is 9.50 Å². The third-order valence-electron chi connectivity index (χ3n) is 10.0. The van der Waals surface area contributed by atoms with Gasteiger partial charge in [-0.05, 0) is 82.4 Å². The molecule has 2 aliphatic rings. The zero-order valence-corrected chi connectivity index (χ0v) is 32.1. The number of rotatable bonds is 9. The van der Waals surface area contributed by atoms with E-state index in [1.807, 2.05) is 63.2 Å². The fraction of sp³-hybridized carbons (Fsp3) is 0.350. The summed E-state index contributed by atoms with van der Waals surface area (Å²) >= 11 is 0. The van der Waals surface area contributed by atoms with E-state index < -0.39 is 0 Å². The molecule has 4 heterocycles. The van der Waals surface area contributed by atoms with Crippen LogP contribution in [0.3, 0.4) is 0 Å². The van der Waals surface area contributed by atoms with Gasteiger partial charge in [-0.15, -0.1) is 0 Å². The molecular weight excluding hydrogens is 699 g/mol. The summed E-state index contributed by atoms with van der Waals surface area (Å²) < 4.78 is 1.65. The van der Waals surface area contributed by atoms with Crippen LogP contribution in [0.25, 0.3) is 5.52 Å². The number of nitro groups is 1. The van der Waals surface area contributed by atoms with E-state index in [1.54, 1.807) is 22.8 Å². The number of nitrogens with zero attached hydrogens (tertiary/aromatic N) is 8. The number of nitrogens with one attached hydrogen (secondary N) is 3. The van der Waals surface area contributed by atoms with Gasteiger partial charge in [-0.2, -0.15) is 5.10 Å². The number of amides is 2. The highest BCUT2D eigenvalue weighted by Crippen LogP contribution is 2.28. The Morgan fingerprint density at radius 2 is 1.45 bits per heavy atom. The van der Waals surface area contributed by atoms with Crippen molar-refractivity contribution in [3.8, 4) is 0 Å². The van der Waals surface area contributed by atoms with Crippen molar-refractivity contribution in [3.05, 3.63) is 112 Å². The number of piperazine rings is 2. The van der Waals surface area contributed by atoms with Crippen LogP contribution in [-0.2, 0) is 0 Å². The third kappa shape index (κ3) is 9.37. The predicted octanol–water partition coefficient (Wildman–Crippen LogP) is 5.19. The first-order chi connectivity index (χ1) is 26.5. The Balaban J connectivity index is 0.000000268. The average molecular weight is 748 g/mol. The molecule has 5 aromatic rings. The lowest BCUT2D eigenvalue weighted by molar-refractivity contribution is -0.384. The van der Waals surface area contributed by atoms with Gasteiger partial charge in [0, 0.05) is 106 Å². The molecule has 15 nitrogen and oxygen atoms in total. The summed E-state index contributed by atoms with van der Waals surface area (Å²) in [6.07, 6.45) is 3.14. The summed E-state index contributed by atoms with van der Waals surface area (Å²) in [7, 11) is 4.22. The number of benzene rings is 3. The number of fused-ring (bicyclic) bond motifs is 1. The second kappa shape index (κ2) is 17.4. The highest BCUT2D eigenvalue weighted by atomic mass is 16.6. The highest BCUT2D eigenvalue weighted by molar-refractivity contribution is 6.05. The lowest BCUT2D eigenvalue weighted by atomic mass is 10.1. The van der Waals surface area contributed by atoms with Crippen molar-refractivity contribution >= 4 is 51.6 Å². The molecule has 2 saturated heterocycles. The first kappa shape index (κ1) is 38.7. The largest absolute Gasteiger partial charge is 0.369 e. The molecule has 288 valence electrons. The van der Waals surface area contributed by atoms with Crippen molar-refractivity contribution in [2.75, 3.05) is 93.4 Å². The number of aryl methyl sites for hydroxylation is 2. The summed E-state index contributed by atoms with van der Waals surface area (Å²) in [6, 6.07) is 20.4. The van der Waals surface area contributed by atoms with Crippen LogP contribution in [0.2, 0.25) is 0 Å². The van der Waals surface area contributed by atoms with Crippen molar-refractivity contribution in [1.29, 1.82) is 0 Å². The van der Waals surface area contributed by atoms with Crippen molar-refractivity contribution in [3.63, 3.8) is 0 Å². The van der Waals surface area contributed by atoms with Crippen LogP contribution in [0.4, 0.5) is 34.3 Å². The molecule has 0 aliphatic carbocycles. The number of carbonyl (C=O) groups excluding carboxylic acids is 2. The molecule has 7 rings (SSSR count). The molecule has 3 aromatic carbocycles. The van der Waals surface area contributed by atoms with Gasteiger partial charge < -0.3 is 35.6 Å². The number of likely N-dealkylation sites (N-methyl/N-ethyl adjacent to an activating group) is 2. The van der Waals surface area contributed by atoms with Crippen LogP contribution in [0.1, 0.15) is 38.8 Å². The minimum absolute atomic E-state index is 0.155. The number of hydrogen-bond donors (Lipinski definition) is 3. The van der Waals surface area contributed by atoms with Crippen LogP contribution in [0.5, 0.6) is 0 Å². The molecule has 0 spiro atoms. The fourth-order valence-corrected chi connectivity index (χ4v) is 6.68. The number of hydrogen-bond acceptors (Lipinski definition) is 11. The monoisotopic (exact) mass is 747 g/mol. The van der Waals surface area contributed by atoms with Gasteiger partial charge in [-0.1, -0.05) is 18.2 Å². The van der Waals surface area contributed by atoms with Crippen LogP contribution in [-0.4, -0.2) is 114 Å². The van der Waals surface area contributed by atoms with Gasteiger partial charge in [0.2, 0.25) is 0 Å². The summed E-state index contributed by atoms with van der Waals surface area (Å²) in [4.78, 5) is 49.6. The Kier molecular flexibility index (Phi) is 12.2.